The van der Waals surface area contributed by atoms with Gasteiger partial charge in [0.25, 0.3) is 0 Å². The first-order chi connectivity index (χ1) is 12.6. The van der Waals surface area contributed by atoms with E-state index in [1.54, 1.807) is 0 Å². The quantitative estimate of drug-likeness (QED) is 0.240. The summed E-state index contributed by atoms with van der Waals surface area (Å²) >= 11 is 0. The van der Waals surface area contributed by atoms with Gasteiger partial charge in [-0.05, 0) is 52.0 Å². The van der Waals surface area contributed by atoms with Crippen LogP contribution in [0, 0.1) is 13.8 Å². The van der Waals surface area contributed by atoms with Gasteiger partial charge in [0.1, 0.15) is 0 Å². The number of rotatable bonds is 9. The Labute approximate surface area is 181 Å². The number of hydrogen-bond acceptors (Lipinski definition) is 3. The number of nitrogens with zero attached hydrogens (tertiary/aromatic N) is 3. The predicted molar refractivity (Wildman–Crippen MR) is 123 cm³/mol. The summed E-state index contributed by atoms with van der Waals surface area (Å²) in [6, 6.07) is 0. The third kappa shape index (κ3) is 8.37. The van der Waals surface area contributed by atoms with Crippen LogP contribution < -0.4 is 10.6 Å². The van der Waals surface area contributed by atoms with Crippen molar-refractivity contribution >= 4 is 29.9 Å². The van der Waals surface area contributed by atoms with Crippen molar-refractivity contribution in [3.05, 3.63) is 17.0 Å². The summed E-state index contributed by atoms with van der Waals surface area (Å²) in [6.45, 7) is 9.65. The van der Waals surface area contributed by atoms with Crippen LogP contribution in [0.4, 0.5) is 0 Å². The highest BCUT2D eigenvalue weighted by Crippen LogP contribution is 2.20. The number of guanidine groups is 1. The van der Waals surface area contributed by atoms with Gasteiger partial charge in [-0.25, -0.2) is 0 Å². The number of aryl methyl sites for hydroxylation is 2. The van der Waals surface area contributed by atoms with Crippen LogP contribution in [-0.2, 0) is 18.2 Å². The third-order valence-electron chi connectivity index (χ3n) is 5.15. The average Bonchev–Trinajstić information content (AvgIpc) is 2.88. The summed E-state index contributed by atoms with van der Waals surface area (Å²) in [6.07, 6.45) is 8.93. The van der Waals surface area contributed by atoms with E-state index in [1.807, 2.05) is 11.7 Å². The molecule has 1 fully saturated rings. The van der Waals surface area contributed by atoms with Crippen molar-refractivity contribution in [2.75, 3.05) is 26.2 Å². The zero-order valence-electron chi connectivity index (χ0n) is 17.5. The first-order valence-corrected chi connectivity index (χ1v) is 10.2. The minimum atomic E-state index is 0. The number of aliphatic imine (C=N–C) groups is 1. The SMILES string of the molecule is CCNC(=NCCCOC1CCCCC1)NCCc1c(C)nn(C)c1C.I. The third-order valence-corrected chi connectivity index (χ3v) is 5.15. The van der Waals surface area contributed by atoms with Crippen LogP contribution in [0.2, 0.25) is 0 Å². The molecule has 0 bridgehead atoms. The standard InChI is InChI=1S/C20H37N5O.HI/c1-5-21-20(22-13-9-15-26-18-10-7-6-8-11-18)23-14-12-19-16(2)24-25(4)17(19)3;/h18H,5-15H2,1-4H3,(H2,21,22,23);1H. The van der Waals surface area contributed by atoms with Gasteiger partial charge < -0.3 is 15.4 Å². The molecule has 0 amide bonds. The van der Waals surface area contributed by atoms with Crippen molar-refractivity contribution in [2.45, 2.75) is 71.8 Å². The second kappa shape index (κ2) is 13.4. The fourth-order valence-electron chi connectivity index (χ4n) is 3.56. The zero-order chi connectivity index (χ0) is 18.8. The molecule has 1 aromatic rings. The summed E-state index contributed by atoms with van der Waals surface area (Å²) in [5, 5.41) is 11.2. The normalized spacial score (nSPS) is 15.5. The Hall–Kier alpha value is -0.830. The molecule has 0 radical (unpaired) electrons. The summed E-state index contributed by atoms with van der Waals surface area (Å²) in [7, 11) is 2.00. The van der Waals surface area contributed by atoms with Crippen LogP contribution in [0.3, 0.4) is 0 Å². The molecule has 27 heavy (non-hydrogen) atoms. The van der Waals surface area contributed by atoms with Gasteiger partial charge in [0.15, 0.2) is 5.96 Å². The Bertz CT molecular complexity index is 567. The maximum atomic E-state index is 5.97. The Balaban J connectivity index is 0.00000364. The summed E-state index contributed by atoms with van der Waals surface area (Å²) in [5.74, 6) is 0.893. The lowest BCUT2D eigenvalue weighted by molar-refractivity contribution is 0.0281. The molecule has 0 spiro atoms. The Kier molecular flexibility index (Phi) is 12.0. The number of ether oxygens (including phenoxy) is 1. The number of aromatic nitrogens is 2. The first-order valence-electron chi connectivity index (χ1n) is 10.2. The van der Waals surface area contributed by atoms with E-state index in [0.717, 1.165) is 50.7 Å². The van der Waals surface area contributed by atoms with Gasteiger partial charge in [0, 0.05) is 39.0 Å². The second-order valence-corrected chi connectivity index (χ2v) is 7.19. The highest BCUT2D eigenvalue weighted by Gasteiger charge is 2.13. The van der Waals surface area contributed by atoms with Gasteiger partial charge in [0.2, 0.25) is 0 Å². The number of nitrogens with one attached hydrogen (secondary N) is 2. The minimum absolute atomic E-state index is 0. The molecule has 2 N–H and O–H groups in total. The largest absolute Gasteiger partial charge is 0.378 e. The molecule has 0 aliphatic heterocycles. The lowest BCUT2D eigenvalue weighted by Gasteiger charge is -2.21. The second-order valence-electron chi connectivity index (χ2n) is 7.19. The molecular formula is C20H38IN5O. The number of hydrogen-bond donors (Lipinski definition) is 2. The van der Waals surface area contributed by atoms with E-state index < -0.39 is 0 Å². The molecule has 0 atom stereocenters. The average molecular weight is 491 g/mol. The first kappa shape index (κ1) is 24.2. The van der Waals surface area contributed by atoms with Crippen LogP contribution in [0.15, 0.2) is 4.99 Å². The van der Waals surface area contributed by atoms with Crippen LogP contribution >= 0.6 is 24.0 Å². The van der Waals surface area contributed by atoms with Gasteiger partial charge in [0.05, 0.1) is 11.8 Å². The lowest BCUT2D eigenvalue weighted by Crippen LogP contribution is -2.38. The molecule has 7 heteroatoms. The fourth-order valence-corrected chi connectivity index (χ4v) is 3.56. The van der Waals surface area contributed by atoms with E-state index in [4.69, 9.17) is 4.74 Å². The molecule has 1 saturated carbocycles. The van der Waals surface area contributed by atoms with E-state index in [2.05, 4.69) is 41.5 Å². The minimum Gasteiger partial charge on any atom is -0.378 e. The predicted octanol–water partition coefficient (Wildman–Crippen LogP) is 3.49. The smallest absolute Gasteiger partial charge is 0.191 e. The van der Waals surface area contributed by atoms with Crippen molar-refractivity contribution in [2.24, 2.45) is 12.0 Å². The maximum Gasteiger partial charge on any atom is 0.191 e. The van der Waals surface area contributed by atoms with Gasteiger partial charge in [-0.3, -0.25) is 9.67 Å². The topological polar surface area (TPSA) is 63.5 Å². The van der Waals surface area contributed by atoms with Gasteiger partial charge >= 0.3 is 0 Å². The molecule has 6 nitrogen and oxygen atoms in total. The monoisotopic (exact) mass is 491 g/mol. The molecule has 156 valence electrons. The molecule has 1 aliphatic rings. The molecule has 1 aliphatic carbocycles. The van der Waals surface area contributed by atoms with E-state index in [9.17, 15) is 0 Å². The maximum absolute atomic E-state index is 5.97. The highest BCUT2D eigenvalue weighted by atomic mass is 127. The molecule has 1 aromatic heterocycles. The fraction of sp³-hybridized carbons (Fsp3) is 0.800. The molecule has 2 rings (SSSR count). The van der Waals surface area contributed by atoms with Crippen molar-refractivity contribution < 1.29 is 4.74 Å². The molecule has 0 aromatic carbocycles. The van der Waals surface area contributed by atoms with Crippen molar-refractivity contribution in [1.82, 2.24) is 20.4 Å². The Morgan fingerprint density at radius 2 is 1.96 bits per heavy atom. The highest BCUT2D eigenvalue weighted by molar-refractivity contribution is 14.0. The van der Waals surface area contributed by atoms with Crippen LogP contribution in [0.5, 0.6) is 0 Å². The van der Waals surface area contributed by atoms with Gasteiger partial charge in [-0.15, -0.1) is 24.0 Å². The van der Waals surface area contributed by atoms with Crippen LogP contribution in [-0.4, -0.2) is 48.1 Å². The number of halogens is 1. The Morgan fingerprint density at radius 1 is 1.22 bits per heavy atom. The van der Waals surface area contributed by atoms with E-state index in [1.165, 1.54) is 43.4 Å². The van der Waals surface area contributed by atoms with E-state index in [0.29, 0.717) is 6.10 Å². The van der Waals surface area contributed by atoms with Gasteiger partial charge in [-0.2, -0.15) is 5.10 Å². The van der Waals surface area contributed by atoms with E-state index >= 15 is 0 Å². The van der Waals surface area contributed by atoms with Gasteiger partial charge in [-0.1, -0.05) is 19.3 Å². The molecule has 1 heterocycles. The molecule has 0 unspecified atom stereocenters. The van der Waals surface area contributed by atoms with E-state index in [-0.39, 0.29) is 24.0 Å². The van der Waals surface area contributed by atoms with Crippen LogP contribution in [0.1, 0.15) is 62.4 Å². The van der Waals surface area contributed by atoms with Crippen LogP contribution in [0.25, 0.3) is 0 Å². The van der Waals surface area contributed by atoms with Crippen molar-refractivity contribution in [1.29, 1.82) is 0 Å². The Morgan fingerprint density at radius 3 is 2.59 bits per heavy atom. The summed E-state index contributed by atoms with van der Waals surface area (Å²) in [4.78, 5) is 4.67. The molecular weight excluding hydrogens is 453 g/mol. The lowest BCUT2D eigenvalue weighted by atomic mass is 9.98. The summed E-state index contributed by atoms with van der Waals surface area (Å²) < 4.78 is 7.93. The summed E-state index contributed by atoms with van der Waals surface area (Å²) in [5.41, 5.74) is 3.69. The van der Waals surface area contributed by atoms with Crippen molar-refractivity contribution in [3.8, 4) is 0 Å². The molecule has 0 saturated heterocycles. The zero-order valence-corrected chi connectivity index (χ0v) is 19.8. The van der Waals surface area contributed by atoms with Crippen molar-refractivity contribution in [3.63, 3.8) is 0 Å².